The summed E-state index contributed by atoms with van der Waals surface area (Å²) in [5, 5.41) is 2.80. The van der Waals surface area contributed by atoms with Crippen LogP contribution in [0.3, 0.4) is 0 Å². The van der Waals surface area contributed by atoms with E-state index in [0.717, 1.165) is 32.2 Å². The van der Waals surface area contributed by atoms with E-state index in [1.807, 2.05) is 0 Å². The monoisotopic (exact) mass is 270 g/mol. The van der Waals surface area contributed by atoms with E-state index in [2.05, 4.69) is 5.32 Å². The first kappa shape index (κ1) is 14.1. The lowest BCUT2D eigenvalue weighted by molar-refractivity contribution is -0.142. The minimum atomic E-state index is -0.404. The summed E-state index contributed by atoms with van der Waals surface area (Å²) in [5.74, 6) is 0.0628. The van der Waals surface area contributed by atoms with E-state index in [1.165, 1.54) is 0 Å². The molecule has 0 aromatic rings. The van der Waals surface area contributed by atoms with Gasteiger partial charge < -0.3 is 19.7 Å². The van der Waals surface area contributed by atoms with Crippen molar-refractivity contribution in [2.45, 2.75) is 44.8 Å². The van der Waals surface area contributed by atoms with Crippen molar-refractivity contribution in [1.82, 2.24) is 10.2 Å². The maximum Gasteiger partial charge on any atom is 0.407 e. The number of alkyl carbamates (subject to hydrolysis) is 1. The molecule has 108 valence electrons. The van der Waals surface area contributed by atoms with Crippen molar-refractivity contribution in [1.29, 1.82) is 0 Å². The highest BCUT2D eigenvalue weighted by molar-refractivity contribution is 5.81. The summed E-state index contributed by atoms with van der Waals surface area (Å²) in [6, 6.07) is -0.0156. The highest BCUT2D eigenvalue weighted by Crippen LogP contribution is 2.18. The number of carbonyl (C=O) groups excluding carboxylic acids is 2. The highest BCUT2D eigenvalue weighted by Gasteiger charge is 2.31. The van der Waals surface area contributed by atoms with E-state index in [4.69, 9.17) is 9.47 Å². The average molecular weight is 270 g/mol. The van der Waals surface area contributed by atoms with Crippen molar-refractivity contribution in [3.8, 4) is 0 Å². The summed E-state index contributed by atoms with van der Waals surface area (Å²) in [4.78, 5) is 25.4. The number of likely N-dealkylation sites (tertiary alicyclic amines) is 1. The maximum atomic E-state index is 12.2. The van der Waals surface area contributed by atoms with Crippen molar-refractivity contribution in [2.75, 3.05) is 26.3 Å². The van der Waals surface area contributed by atoms with Crippen molar-refractivity contribution in [3.63, 3.8) is 0 Å². The predicted molar refractivity (Wildman–Crippen MR) is 68.7 cm³/mol. The van der Waals surface area contributed by atoms with Crippen molar-refractivity contribution in [2.24, 2.45) is 0 Å². The Morgan fingerprint density at radius 2 is 2.21 bits per heavy atom. The molecule has 2 aliphatic rings. The molecular weight excluding hydrogens is 248 g/mol. The third-order valence-electron chi connectivity index (χ3n) is 3.54. The summed E-state index contributed by atoms with van der Waals surface area (Å²) in [5.41, 5.74) is 0. The molecule has 0 aromatic heterocycles. The summed E-state index contributed by atoms with van der Waals surface area (Å²) < 4.78 is 10.3. The zero-order valence-electron chi connectivity index (χ0n) is 11.4. The van der Waals surface area contributed by atoms with Crippen LogP contribution in [0, 0.1) is 0 Å². The number of carbonyl (C=O) groups is 2. The number of rotatable bonds is 3. The average Bonchev–Trinajstić information content (AvgIpc) is 2.92. The number of ether oxygens (including phenoxy) is 2. The van der Waals surface area contributed by atoms with Gasteiger partial charge in [0.1, 0.15) is 6.10 Å². The molecule has 2 rings (SSSR count). The quantitative estimate of drug-likeness (QED) is 0.827. The number of amides is 2. The minimum Gasteiger partial charge on any atom is -0.450 e. The van der Waals surface area contributed by atoms with Gasteiger partial charge in [-0.1, -0.05) is 0 Å². The van der Waals surface area contributed by atoms with Crippen LogP contribution in [0.2, 0.25) is 0 Å². The molecule has 19 heavy (non-hydrogen) atoms. The molecule has 0 radical (unpaired) electrons. The van der Waals surface area contributed by atoms with Crippen LogP contribution in [-0.2, 0) is 14.3 Å². The summed E-state index contributed by atoms with van der Waals surface area (Å²) in [6.45, 7) is 4.11. The molecule has 6 nitrogen and oxygen atoms in total. The molecule has 0 unspecified atom stereocenters. The fourth-order valence-corrected chi connectivity index (χ4v) is 2.61. The Labute approximate surface area is 113 Å². The SMILES string of the molecule is CCOC(=O)N[C@H]1CCCN(C(=O)[C@@H]2CCCO2)C1. The van der Waals surface area contributed by atoms with E-state index < -0.39 is 6.09 Å². The Morgan fingerprint density at radius 3 is 2.89 bits per heavy atom. The zero-order valence-corrected chi connectivity index (χ0v) is 11.4. The van der Waals surface area contributed by atoms with Crippen molar-refractivity contribution in [3.05, 3.63) is 0 Å². The largest absolute Gasteiger partial charge is 0.450 e. The van der Waals surface area contributed by atoms with Gasteiger partial charge in [-0.25, -0.2) is 4.79 Å². The normalized spacial score (nSPS) is 27.1. The van der Waals surface area contributed by atoms with Gasteiger partial charge in [-0.2, -0.15) is 0 Å². The Balaban J connectivity index is 1.82. The number of piperidine rings is 1. The van der Waals surface area contributed by atoms with E-state index in [0.29, 0.717) is 19.8 Å². The van der Waals surface area contributed by atoms with Gasteiger partial charge in [-0.3, -0.25) is 4.79 Å². The number of nitrogens with zero attached hydrogens (tertiary/aromatic N) is 1. The van der Waals surface area contributed by atoms with E-state index >= 15 is 0 Å². The van der Waals surface area contributed by atoms with Crippen LogP contribution in [0.1, 0.15) is 32.6 Å². The van der Waals surface area contributed by atoms with Gasteiger partial charge in [0.05, 0.1) is 6.61 Å². The second-order valence-electron chi connectivity index (χ2n) is 4.99. The van der Waals surface area contributed by atoms with Crippen LogP contribution in [0.25, 0.3) is 0 Å². The molecule has 1 N–H and O–H groups in total. The maximum absolute atomic E-state index is 12.2. The van der Waals surface area contributed by atoms with E-state index in [-0.39, 0.29) is 18.1 Å². The number of hydrogen-bond acceptors (Lipinski definition) is 4. The van der Waals surface area contributed by atoms with Gasteiger partial charge in [0, 0.05) is 25.7 Å². The van der Waals surface area contributed by atoms with Gasteiger partial charge in [-0.05, 0) is 32.6 Å². The molecule has 2 atom stereocenters. The first-order chi connectivity index (χ1) is 9.20. The smallest absolute Gasteiger partial charge is 0.407 e. The fourth-order valence-electron chi connectivity index (χ4n) is 2.61. The Hall–Kier alpha value is -1.30. The van der Waals surface area contributed by atoms with Crippen LogP contribution >= 0.6 is 0 Å². The van der Waals surface area contributed by atoms with Crippen LogP contribution in [0.4, 0.5) is 4.79 Å². The second kappa shape index (κ2) is 6.75. The number of hydrogen-bond donors (Lipinski definition) is 1. The van der Waals surface area contributed by atoms with E-state index in [1.54, 1.807) is 11.8 Å². The van der Waals surface area contributed by atoms with Crippen molar-refractivity contribution >= 4 is 12.0 Å². The van der Waals surface area contributed by atoms with Gasteiger partial charge >= 0.3 is 6.09 Å². The topological polar surface area (TPSA) is 67.9 Å². The summed E-state index contributed by atoms with van der Waals surface area (Å²) in [6.07, 6.45) is 2.87. The zero-order chi connectivity index (χ0) is 13.7. The lowest BCUT2D eigenvalue weighted by Gasteiger charge is -2.34. The minimum absolute atomic E-state index is 0.0156. The summed E-state index contributed by atoms with van der Waals surface area (Å²) >= 11 is 0. The van der Waals surface area contributed by atoms with E-state index in [9.17, 15) is 9.59 Å². The van der Waals surface area contributed by atoms with Gasteiger partial charge in [0.25, 0.3) is 5.91 Å². The Kier molecular flexibility index (Phi) is 5.01. The second-order valence-corrected chi connectivity index (χ2v) is 4.99. The lowest BCUT2D eigenvalue weighted by atomic mass is 10.0. The molecule has 0 aromatic carbocycles. The molecule has 0 aliphatic carbocycles. The molecule has 0 spiro atoms. The third kappa shape index (κ3) is 3.83. The Bertz CT molecular complexity index is 329. The molecule has 2 amide bonds. The summed E-state index contributed by atoms with van der Waals surface area (Å²) in [7, 11) is 0. The molecule has 2 saturated heterocycles. The van der Waals surface area contributed by atoms with Crippen LogP contribution in [0.5, 0.6) is 0 Å². The lowest BCUT2D eigenvalue weighted by Crippen LogP contribution is -2.52. The molecular formula is C13H22N2O4. The molecule has 6 heteroatoms. The number of nitrogens with one attached hydrogen (secondary N) is 1. The molecule has 0 bridgehead atoms. The van der Waals surface area contributed by atoms with Crippen molar-refractivity contribution < 1.29 is 19.1 Å². The molecule has 2 heterocycles. The van der Waals surface area contributed by atoms with Crippen LogP contribution in [0.15, 0.2) is 0 Å². The Morgan fingerprint density at radius 1 is 1.37 bits per heavy atom. The molecule has 2 aliphatic heterocycles. The molecule has 0 saturated carbocycles. The van der Waals surface area contributed by atoms with Gasteiger partial charge in [-0.15, -0.1) is 0 Å². The van der Waals surface area contributed by atoms with Gasteiger partial charge in [0.15, 0.2) is 0 Å². The highest BCUT2D eigenvalue weighted by atomic mass is 16.5. The first-order valence-electron chi connectivity index (χ1n) is 7.04. The van der Waals surface area contributed by atoms with Crippen LogP contribution < -0.4 is 5.32 Å². The molecule has 2 fully saturated rings. The third-order valence-corrected chi connectivity index (χ3v) is 3.54. The predicted octanol–water partition coefficient (Wildman–Crippen LogP) is 0.902. The first-order valence-corrected chi connectivity index (χ1v) is 7.04. The fraction of sp³-hybridized carbons (Fsp3) is 0.846. The standard InChI is InChI=1S/C13H22N2O4/c1-2-18-13(17)14-10-5-3-7-15(9-10)12(16)11-6-4-8-19-11/h10-11H,2-9H2,1H3,(H,14,17)/t10-,11-/m0/s1. The van der Waals surface area contributed by atoms with Crippen LogP contribution in [-0.4, -0.2) is 55.3 Å². The van der Waals surface area contributed by atoms with Gasteiger partial charge in [0.2, 0.25) is 0 Å².